The number of H-pyrrole nitrogens is 1. The highest BCUT2D eigenvalue weighted by Crippen LogP contribution is 2.17. The number of hydrogen-bond donors (Lipinski definition) is 3. The number of hydrogen-bond acceptors (Lipinski definition) is 7. The Balaban J connectivity index is 2.31. The van der Waals surface area contributed by atoms with Crippen LogP contribution in [0.3, 0.4) is 0 Å². The molecular weight excluding hydrogens is 368 g/mol. The molecule has 0 unspecified atom stereocenters. The number of benzene rings is 1. The fourth-order valence-corrected chi connectivity index (χ4v) is 2.06. The third-order valence-electron chi connectivity index (χ3n) is 3.09. The first-order valence-electron chi connectivity index (χ1n) is 7.10. The molecule has 1 heterocycles. The summed E-state index contributed by atoms with van der Waals surface area (Å²) in [7, 11) is 0. The molecule has 0 bridgehead atoms. The standard InChI is InChI=1S/C15H13ClN4O6/c16-8-1-3-9(4-2-8)20-14(25)10(13(24)19-15(20)26)5-17-6-11(21)18-7-12(22)23/h1-5,25H,6-7H2,(H,18,21)(H,22,23)(H,19,24,26)/p-1. The van der Waals surface area contributed by atoms with Crippen molar-refractivity contribution in [3.8, 4) is 11.6 Å². The van der Waals surface area contributed by atoms with Crippen molar-refractivity contribution < 1.29 is 19.8 Å². The van der Waals surface area contributed by atoms with E-state index in [1.54, 1.807) is 0 Å². The summed E-state index contributed by atoms with van der Waals surface area (Å²) in [5.74, 6) is -2.88. The van der Waals surface area contributed by atoms with Crippen LogP contribution in [0.4, 0.5) is 0 Å². The van der Waals surface area contributed by atoms with Gasteiger partial charge in [0.25, 0.3) is 5.56 Å². The van der Waals surface area contributed by atoms with Crippen LogP contribution in [0.5, 0.6) is 5.88 Å². The van der Waals surface area contributed by atoms with Crippen molar-refractivity contribution in [2.45, 2.75) is 0 Å². The number of aliphatic imine (C=N–C) groups is 1. The largest absolute Gasteiger partial charge is 0.548 e. The Morgan fingerprint density at radius 2 is 1.96 bits per heavy atom. The van der Waals surface area contributed by atoms with E-state index in [1.165, 1.54) is 24.3 Å². The lowest BCUT2D eigenvalue weighted by atomic mass is 10.3. The van der Waals surface area contributed by atoms with E-state index < -0.39 is 42.1 Å². The number of aliphatic carboxylic acids is 1. The first-order chi connectivity index (χ1) is 12.3. The van der Waals surface area contributed by atoms with E-state index >= 15 is 0 Å². The van der Waals surface area contributed by atoms with Crippen LogP contribution in [-0.2, 0) is 9.59 Å². The van der Waals surface area contributed by atoms with E-state index in [9.17, 15) is 29.4 Å². The third kappa shape index (κ3) is 4.57. The molecule has 0 saturated carbocycles. The molecule has 1 amide bonds. The van der Waals surface area contributed by atoms with Gasteiger partial charge in [0.1, 0.15) is 12.1 Å². The summed E-state index contributed by atoms with van der Waals surface area (Å²) in [5.41, 5.74) is -1.89. The van der Waals surface area contributed by atoms with Gasteiger partial charge in [-0.2, -0.15) is 0 Å². The molecule has 3 N–H and O–H groups in total. The third-order valence-corrected chi connectivity index (χ3v) is 3.34. The number of aromatic nitrogens is 2. The smallest absolute Gasteiger partial charge is 0.335 e. The van der Waals surface area contributed by atoms with Crippen LogP contribution >= 0.6 is 11.6 Å². The number of nitrogens with one attached hydrogen (secondary N) is 2. The van der Waals surface area contributed by atoms with E-state index in [2.05, 4.69) is 4.99 Å². The number of nitrogens with zero attached hydrogens (tertiary/aromatic N) is 2. The number of carbonyl (C=O) groups excluding carboxylic acids is 2. The molecule has 2 aromatic rings. The van der Waals surface area contributed by atoms with Gasteiger partial charge in [0, 0.05) is 11.2 Å². The number of carboxylic acid groups (broad SMARTS) is 1. The number of aromatic hydroxyl groups is 1. The van der Waals surface area contributed by atoms with Gasteiger partial charge in [-0.3, -0.25) is 19.6 Å². The van der Waals surface area contributed by atoms with Gasteiger partial charge in [-0.25, -0.2) is 9.36 Å². The molecule has 0 aliphatic rings. The molecule has 0 fully saturated rings. The van der Waals surface area contributed by atoms with Gasteiger partial charge in [0.15, 0.2) is 0 Å². The van der Waals surface area contributed by atoms with Crippen LogP contribution in [0.15, 0.2) is 38.8 Å². The second kappa shape index (κ2) is 8.12. The molecular formula is C15H12ClN4O6-. The summed E-state index contributed by atoms with van der Waals surface area (Å²) in [6.07, 6.45) is 0.901. The maximum atomic E-state index is 12.0. The van der Waals surface area contributed by atoms with E-state index in [4.69, 9.17) is 11.6 Å². The normalized spacial score (nSPS) is 10.8. The molecule has 0 spiro atoms. The zero-order valence-corrected chi connectivity index (χ0v) is 13.8. The Bertz CT molecular complexity index is 977. The second-order valence-electron chi connectivity index (χ2n) is 4.93. The topological polar surface area (TPSA) is 157 Å². The Kier molecular flexibility index (Phi) is 5.91. The van der Waals surface area contributed by atoms with E-state index in [0.717, 1.165) is 10.8 Å². The highest BCUT2D eigenvalue weighted by Gasteiger charge is 2.14. The quantitative estimate of drug-likeness (QED) is 0.501. The Hall–Kier alpha value is -3.40. The Morgan fingerprint density at radius 1 is 1.31 bits per heavy atom. The molecule has 0 saturated heterocycles. The average Bonchev–Trinajstić information content (AvgIpc) is 2.57. The zero-order valence-electron chi connectivity index (χ0n) is 13.1. The van der Waals surface area contributed by atoms with Crippen molar-refractivity contribution in [2.75, 3.05) is 13.1 Å². The molecule has 0 aliphatic carbocycles. The number of halogens is 1. The van der Waals surface area contributed by atoms with Crippen LogP contribution in [-0.4, -0.2) is 45.8 Å². The van der Waals surface area contributed by atoms with E-state index in [0.29, 0.717) is 5.02 Å². The fourth-order valence-electron chi connectivity index (χ4n) is 1.93. The SMILES string of the molecule is O=C([O-])CNC(=O)CN=Cc1c(O)n(-c2ccc(Cl)cc2)c(=O)[nH]c1=O. The predicted octanol–water partition coefficient (Wildman–Crippen LogP) is -1.83. The number of aromatic amines is 1. The molecule has 0 aliphatic heterocycles. The van der Waals surface area contributed by atoms with Crippen molar-refractivity contribution in [3.63, 3.8) is 0 Å². The summed E-state index contributed by atoms with van der Waals surface area (Å²) in [6.45, 7) is -1.17. The van der Waals surface area contributed by atoms with Crippen molar-refractivity contribution in [1.29, 1.82) is 0 Å². The molecule has 0 atom stereocenters. The van der Waals surface area contributed by atoms with Crippen molar-refractivity contribution in [1.82, 2.24) is 14.9 Å². The summed E-state index contributed by atoms with van der Waals surface area (Å²) in [4.78, 5) is 51.1. The molecule has 11 heteroatoms. The Morgan fingerprint density at radius 3 is 2.58 bits per heavy atom. The van der Waals surface area contributed by atoms with E-state index in [1.807, 2.05) is 10.3 Å². The van der Waals surface area contributed by atoms with Crippen LogP contribution in [0.2, 0.25) is 5.02 Å². The Labute approximate surface area is 150 Å². The van der Waals surface area contributed by atoms with Crippen molar-refractivity contribution in [3.05, 3.63) is 55.7 Å². The number of rotatable bonds is 6. The van der Waals surface area contributed by atoms with Gasteiger partial charge in [-0.15, -0.1) is 0 Å². The first-order valence-corrected chi connectivity index (χ1v) is 7.48. The van der Waals surface area contributed by atoms with Crippen LogP contribution < -0.4 is 21.7 Å². The van der Waals surface area contributed by atoms with Gasteiger partial charge >= 0.3 is 5.69 Å². The van der Waals surface area contributed by atoms with Gasteiger partial charge < -0.3 is 20.3 Å². The number of carboxylic acids is 1. The monoisotopic (exact) mass is 379 g/mol. The van der Waals surface area contributed by atoms with Gasteiger partial charge in [0.05, 0.1) is 18.2 Å². The number of amides is 1. The molecule has 136 valence electrons. The first kappa shape index (κ1) is 18.9. The molecule has 1 aromatic heterocycles. The molecule has 2 rings (SSSR count). The molecule has 0 radical (unpaired) electrons. The fraction of sp³-hybridized carbons (Fsp3) is 0.133. The summed E-state index contributed by atoms with van der Waals surface area (Å²) in [5, 5.41) is 22.9. The number of carbonyl (C=O) groups is 2. The van der Waals surface area contributed by atoms with Gasteiger partial charge in [0.2, 0.25) is 11.8 Å². The van der Waals surface area contributed by atoms with Crippen LogP contribution in [0.25, 0.3) is 5.69 Å². The summed E-state index contributed by atoms with van der Waals surface area (Å²) < 4.78 is 0.829. The van der Waals surface area contributed by atoms with Gasteiger partial charge in [-0.05, 0) is 24.3 Å². The summed E-state index contributed by atoms with van der Waals surface area (Å²) >= 11 is 5.77. The lowest BCUT2D eigenvalue weighted by Gasteiger charge is -2.09. The predicted molar refractivity (Wildman–Crippen MR) is 89.8 cm³/mol. The lowest BCUT2D eigenvalue weighted by molar-refractivity contribution is -0.304. The highest BCUT2D eigenvalue weighted by molar-refractivity contribution is 6.30. The zero-order chi connectivity index (χ0) is 19.3. The minimum atomic E-state index is -1.47. The maximum Gasteiger partial charge on any atom is 0.335 e. The van der Waals surface area contributed by atoms with Crippen molar-refractivity contribution in [2.24, 2.45) is 4.99 Å². The molecule has 10 nitrogen and oxygen atoms in total. The molecule has 1 aromatic carbocycles. The summed E-state index contributed by atoms with van der Waals surface area (Å²) in [6, 6.07) is 5.89. The maximum absolute atomic E-state index is 12.0. The van der Waals surface area contributed by atoms with Crippen LogP contribution in [0.1, 0.15) is 5.56 Å². The average molecular weight is 380 g/mol. The minimum absolute atomic E-state index is 0.245. The van der Waals surface area contributed by atoms with E-state index in [-0.39, 0.29) is 11.3 Å². The lowest BCUT2D eigenvalue weighted by Crippen LogP contribution is -2.38. The minimum Gasteiger partial charge on any atom is -0.548 e. The second-order valence-corrected chi connectivity index (χ2v) is 5.36. The molecule has 26 heavy (non-hydrogen) atoms. The highest BCUT2D eigenvalue weighted by atomic mass is 35.5. The van der Waals surface area contributed by atoms with Crippen molar-refractivity contribution >= 4 is 29.7 Å². The van der Waals surface area contributed by atoms with Gasteiger partial charge in [-0.1, -0.05) is 11.6 Å². The van der Waals surface area contributed by atoms with Crippen LogP contribution in [0, 0.1) is 0 Å².